The van der Waals surface area contributed by atoms with Crippen LogP contribution in [0.2, 0.25) is 0 Å². The number of aliphatic hydroxyl groups excluding tert-OH is 1. The van der Waals surface area contributed by atoms with E-state index < -0.39 is 97.5 Å². The van der Waals surface area contributed by atoms with Crippen molar-refractivity contribution < 1.29 is 80.2 Å². The van der Waals surface area contributed by atoms with E-state index in [2.05, 4.69) is 167 Å². The summed E-state index contributed by atoms with van der Waals surface area (Å²) < 4.78 is 68.5. The van der Waals surface area contributed by atoms with E-state index in [0.717, 1.165) is 122 Å². The number of hydrogen-bond acceptors (Lipinski definition) is 15. The van der Waals surface area contributed by atoms with Gasteiger partial charge in [0, 0.05) is 25.7 Å². The van der Waals surface area contributed by atoms with Crippen LogP contribution in [0.1, 0.15) is 297 Å². The van der Waals surface area contributed by atoms with Crippen LogP contribution in [0.3, 0.4) is 0 Å². The number of allylic oxidation sites excluding steroid dienone is 30. The van der Waals surface area contributed by atoms with Gasteiger partial charge in [-0.05, 0) is 173 Å². The number of esters is 4. The molecule has 612 valence electrons. The van der Waals surface area contributed by atoms with Crippen LogP contribution in [-0.2, 0) is 65.4 Å². The molecule has 17 nitrogen and oxygen atoms in total. The number of carbonyl (C=O) groups excluding carboxylic acids is 4. The van der Waals surface area contributed by atoms with E-state index in [9.17, 15) is 43.2 Å². The molecule has 19 heteroatoms. The molecule has 0 aromatic carbocycles. The van der Waals surface area contributed by atoms with E-state index in [1.54, 1.807) is 0 Å². The zero-order valence-corrected chi connectivity index (χ0v) is 68.7. The number of hydrogen-bond donors (Lipinski definition) is 3. The van der Waals surface area contributed by atoms with Crippen LogP contribution in [0.15, 0.2) is 182 Å². The monoisotopic (exact) mass is 1550 g/mol. The molecule has 0 saturated heterocycles. The van der Waals surface area contributed by atoms with Gasteiger partial charge >= 0.3 is 39.5 Å². The summed E-state index contributed by atoms with van der Waals surface area (Å²) in [4.78, 5) is 73.0. The van der Waals surface area contributed by atoms with Gasteiger partial charge in [0.2, 0.25) is 0 Å². The topological polar surface area (TPSA) is 237 Å². The standard InChI is InChI=1S/C89H144O17P2/c1-5-9-13-17-21-25-29-33-37-40-41-44-46-50-54-58-62-66-70-74-87(92)100-80-85(106-89(94)76-72-68-64-60-56-52-48-43-39-35-31-27-23-19-15-11-7-3)82-104-108(97,98)102-78-83(90)77-101-107(95,96)103-81-84(79-99-86(91)73-69-65-61-57-53-49-45-36-32-28-24-20-16-12-8-4)105-88(93)75-71-67-63-59-55-51-47-42-38-34-30-26-22-18-14-10-6-2/h21-28,33-39,41,44-45,47-48,50-52,54,59-60,62-64,66,83-85,90H,5-20,29-32,40,42-43,46,49,53,55-58,61,65,67-82H2,1-4H3,(H,95,96)(H,97,98)/b25-21-,26-22-,27-23-,28-24-,37-33-,38-34-,39-35-,44-41-,45-36-,51-47-,52-48-,54-50-,63-59-,64-60-,66-62-/t83-,84+,85+/m0/s1. The van der Waals surface area contributed by atoms with Gasteiger partial charge in [0.1, 0.15) is 19.3 Å². The predicted octanol–water partition coefficient (Wildman–Crippen LogP) is 24.3. The second kappa shape index (κ2) is 79.3. The molecule has 0 spiro atoms. The SMILES string of the molecule is CCCCC/C=C\C/C=C\C/C=C\C/C=C\C/C=C\CCC(=O)OC[C@H](COP(=O)(O)OC[C@@H](O)COP(=O)(O)OC[C@@H](COC(=O)CCCCCCC/C=C\C/C=C\CCCCC)OC(=O)CCC/C=C\C/C=C\C/C=C\C/C=C\CCCCC)OC(=O)CCC/C=C\C/C=C\C/C=C\C/C=C\CCCCC. The van der Waals surface area contributed by atoms with E-state index in [1.165, 1.54) is 77.0 Å². The number of aliphatic hydroxyl groups is 1. The Labute approximate surface area is 654 Å². The van der Waals surface area contributed by atoms with E-state index in [1.807, 2.05) is 42.5 Å². The molecule has 0 aliphatic carbocycles. The lowest BCUT2D eigenvalue weighted by Gasteiger charge is -2.21. The number of rotatable bonds is 75. The molecule has 3 N–H and O–H groups in total. The maximum absolute atomic E-state index is 13.1. The zero-order valence-electron chi connectivity index (χ0n) is 66.9. The van der Waals surface area contributed by atoms with Crippen LogP contribution in [0.25, 0.3) is 0 Å². The largest absolute Gasteiger partial charge is 0.472 e. The van der Waals surface area contributed by atoms with Gasteiger partial charge in [0.25, 0.3) is 0 Å². The average molecular weight is 1550 g/mol. The third-order valence-corrected chi connectivity index (χ3v) is 18.2. The van der Waals surface area contributed by atoms with Crippen molar-refractivity contribution in [3.63, 3.8) is 0 Å². The van der Waals surface area contributed by atoms with Crippen molar-refractivity contribution in [2.45, 2.75) is 316 Å². The molecule has 2 unspecified atom stereocenters. The first-order valence-corrected chi connectivity index (χ1v) is 44.0. The number of carbonyl (C=O) groups is 4. The Morgan fingerprint density at radius 3 is 0.778 bits per heavy atom. The molecule has 0 aliphatic heterocycles. The summed E-state index contributed by atoms with van der Waals surface area (Å²) in [7, 11) is -10.0. The van der Waals surface area contributed by atoms with Crippen molar-refractivity contribution in [2.24, 2.45) is 0 Å². The predicted molar refractivity (Wildman–Crippen MR) is 445 cm³/mol. The molecule has 0 radical (unpaired) electrons. The van der Waals surface area contributed by atoms with Crippen LogP contribution >= 0.6 is 15.6 Å². The molecular weight excluding hydrogens is 1400 g/mol. The summed E-state index contributed by atoms with van der Waals surface area (Å²) in [5, 5.41) is 10.7. The first kappa shape index (κ1) is 102. The number of unbranched alkanes of at least 4 members (excludes halogenated alkanes) is 19. The van der Waals surface area contributed by atoms with E-state index >= 15 is 0 Å². The van der Waals surface area contributed by atoms with E-state index in [-0.39, 0.29) is 25.7 Å². The van der Waals surface area contributed by atoms with Crippen molar-refractivity contribution in [1.29, 1.82) is 0 Å². The molecule has 0 aromatic heterocycles. The molecular formula is C89H144O17P2. The van der Waals surface area contributed by atoms with Crippen molar-refractivity contribution in [2.75, 3.05) is 39.6 Å². The number of phosphoric acid groups is 2. The fraction of sp³-hybridized carbons (Fsp3) is 0.618. The van der Waals surface area contributed by atoms with Gasteiger partial charge < -0.3 is 33.8 Å². The van der Waals surface area contributed by atoms with Gasteiger partial charge in [-0.25, -0.2) is 9.13 Å². The molecule has 0 saturated carbocycles. The van der Waals surface area contributed by atoms with Crippen LogP contribution in [-0.4, -0.2) is 96.7 Å². The molecule has 0 rings (SSSR count). The second-order valence-electron chi connectivity index (χ2n) is 26.6. The summed E-state index contributed by atoms with van der Waals surface area (Å²) >= 11 is 0. The molecule has 108 heavy (non-hydrogen) atoms. The highest BCUT2D eigenvalue weighted by molar-refractivity contribution is 7.47. The Balaban J connectivity index is 5.57. The maximum atomic E-state index is 13.1. The molecule has 0 bridgehead atoms. The van der Waals surface area contributed by atoms with E-state index in [0.29, 0.717) is 44.9 Å². The third kappa shape index (κ3) is 78.3. The second-order valence-corrected chi connectivity index (χ2v) is 29.5. The molecule has 0 fully saturated rings. The molecule has 0 aliphatic rings. The van der Waals surface area contributed by atoms with E-state index in [4.69, 9.17) is 37.0 Å². The highest BCUT2D eigenvalue weighted by Gasteiger charge is 2.30. The van der Waals surface area contributed by atoms with Crippen LogP contribution < -0.4 is 0 Å². The number of ether oxygens (including phenoxy) is 4. The Hall–Kier alpha value is -5.84. The van der Waals surface area contributed by atoms with Crippen molar-refractivity contribution in [3.8, 4) is 0 Å². The van der Waals surface area contributed by atoms with Crippen LogP contribution in [0, 0.1) is 0 Å². The first-order valence-electron chi connectivity index (χ1n) is 41.0. The Kier molecular flexibility index (Phi) is 75.0. The highest BCUT2D eigenvalue weighted by Crippen LogP contribution is 2.45. The molecule has 0 aromatic rings. The van der Waals surface area contributed by atoms with Gasteiger partial charge in [0.15, 0.2) is 12.2 Å². The summed E-state index contributed by atoms with van der Waals surface area (Å²) in [5.41, 5.74) is 0. The Morgan fingerprint density at radius 2 is 0.481 bits per heavy atom. The third-order valence-electron chi connectivity index (χ3n) is 16.3. The van der Waals surface area contributed by atoms with Gasteiger partial charge in [-0.3, -0.25) is 37.3 Å². The van der Waals surface area contributed by atoms with Crippen molar-refractivity contribution in [3.05, 3.63) is 182 Å². The lowest BCUT2D eigenvalue weighted by molar-refractivity contribution is -0.161. The van der Waals surface area contributed by atoms with Gasteiger partial charge in [-0.15, -0.1) is 0 Å². The lowest BCUT2D eigenvalue weighted by atomic mass is 10.1. The fourth-order valence-corrected chi connectivity index (χ4v) is 11.6. The van der Waals surface area contributed by atoms with Crippen LogP contribution in [0.4, 0.5) is 0 Å². The first-order chi connectivity index (χ1) is 52.7. The normalized spacial score (nSPS) is 14.8. The molecule has 0 amide bonds. The van der Waals surface area contributed by atoms with Crippen molar-refractivity contribution >= 4 is 39.5 Å². The van der Waals surface area contributed by atoms with Gasteiger partial charge in [0.05, 0.1) is 26.4 Å². The molecule has 0 heterocycles. The summed E-state index contributed by atoms with van der Waals surface area (Å²) in [6, 6.07) is 0. The minimum atomic E-state index is -5.02. The Bertz CT molecular complexity index is 2760. The summed E-state index contributed by atoms with van der Waals surface area (Å²) in [5.74, 6) is -2.44. The van der Waals surface area contributed by atoms with Crippen molar-refractivity contribution in [1.82, 2.24) is 0 Å². The lowest BCUT2D eigenvalue weighted by Crippen LogP contribution is -2.30. The van der Waals surface area contributed by atoms with Gasteiger partial charge in [-0.2, -0.15) is 0 Å². The van der Waals surface area contributed by atoms with Crippen LogP contribution in [0.5, 0.6) is 0 Å². The quantitative estimate of drug-likeness (QED) is 0.0169. The highest BCUT2D eigenvalue weighted by atomic mass is 31.2. The molecule has 5 atom stereocenters. The zero-order chi connectivity index (χ0) is 78.9. The maximum Gasteiger partial charge on any atom is 0.472 e. The Morgan fingerprint density at radius 1 is 0.259 bits per heavy atom. The summed E-state index contributed by atoms with van der Waals surface area (Å²) in [6.07, 6.45) is 96.1. The van der Waals surface area contributed by atoms with Gasteiger partial charge in [-0.1, -0.05) is 281 Å². The fourth-order valence-electron chi connectivity index (χ4n) is 10.0. The average Bonchev–Trinajstić information content (AvgIpc) is 0.903. The summed E-state index contributed by atoms with van der Waals surface area (Å²) in [6.45, 7) is 4.52. The number of phosphoric ester groups is 2. The minimum absolute atomic E-state index is 0.00507. The smallest absolute Gasteiger partial charge is 0.462 e. The minimum Gasteiger partial charge on any atom is -0.462 e.